The van der Waals surface area contributed by atoms with Crippen molar-refractivity contribution < 1.29 is 0 Å². The van der Waals surface area contributed by atoms with E-state index in [9.17, 15) is 0 Å². The van der Waals surface area contributed by atoms with Gasteiger partial charge in [0.05, 0.1) is 0 Å². The van der Waals surface area contributed by atoms with Crippen LogP contribution in [0.2, 0.25) is 0 Å². The maximum Gasteiger partial charge on any atom is 0.0487 e. The zero-order chi connectivity index (χ0) is 9.38. The molecule has 1 aromatic rings. The Bertz CT molecular complexity index is 330. The first kappa shape index (κ1) is 8.98. The molecule has 2 aliphatic heterocycles. The molecule has 1 aromatic carbocycles. The Morgan fingerprint density at radius 2 is 1.93 bits per heavy atom. The van der Waals surface area contributed by atoms with Crippen LogP contribution in [0.25, 0.3) is 0 Å². The van der Waals surface area contributed by atoms with E-state index in [-0.39, 0.29) is 0 Å². The average molecular weight is 223 g/mol. The molecule has 0 radical (unpaired) electrons. The summed E-state index contributed by atoms with van der Waals surface area (Å²) < 4.78 is 0. The highest BCUT2D eigenvalue weighted by Crippen LogP contribution is 2.44. The summed E-state index contributed by atoms with van der Waals surface area (Å²) in [6.07, 6.45) is 3.89. The summed E-state index contributed by atoms with van der Waals surface area (Å²) in [6, 6.07) is 4.74. The van der Waals surface area contributed by atoms with Gasteiger partial charge in [0.15, 0.2) is 0 Å². The lowest BCUT2D eigenvalue weighted by atomic mass is 10.1. The molecule has 1 nitrogen and oxygen atoms in total. The average Bonchev–Trinajstić information content (AvgIpc) is 2.51. The lowest BCUT2D eigenvalue weighted by molar-refractivity contribution is 0.784. The van der Waals surface area contributed by atoms with Crippen molar-refractivity contribution in [1.29, 1.82) is 0 Å². The van der Waals surface area contributed by atoms with Crippen molar-refractivity contribution in [2.75, 3.05) is 16.9 Å². The van der Waals surface area contributed by atoms with Gasteiger partial charge in [-0.05, 0) is 37.0 Å². The molecule has 0 amide bonds. The van der Waals surface area contributed by atoms with Gasteiger partial charge in [0, 0.05) is 27.1 Å². The van der Waals surface area contributed by atoms with Gasteiger partial charge in [-0.25, -0.2) is 0 Å². The van der Waals surface area contributed by atoms with E-state index >= 15 is 0 Å². The third-order valence-electron chi connectivity index (χ3n) is 2.79. The highest BCUT2D eigenvalue weighted by atomic mass is 32.2. The fourth-order valence-corrected chi connectivity index (χ4v) is 4.45. The number of fused-ring (bicyclic) bond motifs is 2. The molecule has 0 spiro atoms. The van der Waals surface area contributed by atoms with Crippen LogP contribution >= 0.6 is 23.5 Å². The number of anilines is 1. The smallest absolute Gasteiger partial charge is 0.0487 e. The monoisotopic (exact) mass is 223 g/mol. The Labute approximate surface area is 93.0 Å². The Kier molecular flexibility index (Phi) is 2.38. The van der Waals surface area contributed by atoms with Gasteiger partial charge >= 0.3 is 0 Å². The molecule has 0 aromatic heterocycles. The number of rotatable bonds is 0. The van der Waals surface area contributed by atoms with Crippen molar-refractivity contribution in [3.63, 3.8) is 0 Å². The normalized spacial score (nSPS) is 19.4. The minimum absolute atomic E-state index is 1.14. The van der Waals surface area contributed by atoms with Crippen LogP contribution in [-0.2, 0) is 6.42 Å². The molecule has 1 N–H and O–H groups in total. The summed E-state index contributed by atoms with van der Waals surface area (Å²) in [4.78, 5) is 2.97. The van der Waals surface area contributed by atoms with E-state index < -0.39 is 0 Å². The van der Waals surface area contributed by atoms with Gasteiger partial charge in [0.1, 0.15) is 0 Å². The second kappa shape index (κ2) is 3.70. The van der Waals surface area contributed by atoms with Gasteiger partial charge in [-0.3, -0.25) is 0 Å². The number of thioether (sulfide) groups is 2. The van der Waals surface area contributed by atoms with Gasteiger partial charge < -0.3 is 5.32 Å². The Morgan fingerprint density at radius 3 is 2.86 bits per heavy atom. The summed E-state index contributed by atoms with van der Waals surface area (Å²) in [5, 5.41) is 4.72. The summed E-state index contributed by atoms with van der Waals surface area (Å²) >= 11 is 3.95. The predicted molar refractivity (Wildman–Crippen MR) is 64.5 cm³/mol. The second-order valence-electron chi connectivity index (χ2n) is 3.75. The van der Waals surface area contributed by atoms with Crippen LogP contribution in [0.5, 0.6) is 0 Å². The highest BCUT2D eigenvalue weighted by molar-refractivity contribution is 8.18. The molecule has 0 atom stereocenters. The Balaban J connectivity index is 2.06. The van der Waals surface area contributed by atoms with Gasteiger partial charge in [0.25, 0.3) is 0 Å². The lowest BCUT2D eigenvalue weighted by Crippen LogP contribution is -1.99. The number of aryl methyl sites for hydroxylation is 1. The van der Waals surface area contributed by atoms with Crippen molar-refractivity contribution in [3.05, 3.63) is 17.7 Å². The van der Waals surface area contributed by atoms with Gasteiger partial charge in [0.2, 0.25) is 0 Å². The molecular formula is C11H13NS2. The van der Waals surface area contributed by atoms with E-state index in [0.717, 1.165) is 6.54 Å². The van der Waals surface area contributed by atoms with Crippen LogP contribution < -0.4 is 5.32 Å². The third-order valence-corrected chi connectivity index (χ3v) is 5.16. The van der Waals surface area contributed by atoms with Crippen LogP contribution in [0.3, 0.4) is 0 Å². The van der Waals surface area contributed by atoms with Crippen molar-refractivity contribution in [2.45, 2.75) is 29.1 Å². The van der Waals surface area contributed by atoms with E-state index in [1.807, 2.05) is 23.5 Å². The fraction of sp³-hybridized carbons (Fsp3) is 0.455. The number of benzene rings is 1. The third kappa shape index (κ3) is 1.52. The molecule has 0 saturated carbocycles. The number of nitrogens with one attached hydrogen (secondary N) is 1. The van der Waals surface area contributed by atoms with Crippen LogP contribution in [0.15, 0.2) is 21.9 Å². The summed E-state index contributed by atoms with van der Waals surface area (Å²) in [5.74, 6) is 0. The van der Waals surface area contributed by atoms with Gasteiger partial charge in [-0.15, -0.1) is 23.5 Å². The van der Waals surface area contributed by atoms with E-state index in [0.29, 0.717) is 0 Å². The zero-order valence-corrected chi connectivity index (χ0v) is 9.64. The number of hydrogen-bond acceptors (Lipinski definition) is 3. The topological polar surface area (TPSA) is 12.0 Å². The maximum atomic E-state index is 3.53. The van der Waals surface area contributed by atoms with E-state index in [1.54, 1.807) is 0 Å². The fourth-order valence-electron chi connectivity index (χ4n) is 2.02. The molecule has 0 unspecified atom stereocenters. The molecule has 3 rings (SSSR count). The minimum atomic E-state index is 1.14. The molecule has 74 valence electrons. The first-order valence-corrected chi connectivity index (χ1v) is 7.07. The van der Waals surface area contributed by atoms with Crippen molar-refractivity contribution in [2.24, 2.45) is 0 Å². The second-order valence-corrected chi connectivity index (χ2v) is 6.15. The molecule has 0 saturated heterocycles. The van der Waals surface area contributed by atoms with Crippen molar-refractivity contribution in [1.82, 2.24) is 0 Å². The quantitative estimate of drug-likeness (QED) is 0.722. The predicted octanol–water partition coefficient (Wildman–Crippen LogP) is 3.59. The molecule has 14 heavy (non-hydrogen) atoms. The molecular weight excluding hydrogens is 210 g/mol. The van der Waals surface area contributed by atoms with Crippen LogP contribution in [0, 0.1) is 0 Å². The highest BCUT2D eigenvalue weighted by Gasteiger charge is 2.16. The van der Waals surface area contributed by atoms with Gasteiger partial charge in [-0.1, -0.05) is 0 Å². The van der Waals surface area contributed by atoms with E-state index in [4.69, 9.17) is 0 Å². The summed E-state index contributed by atoms with van der Waals surface area (Å²) in [6.45, 7) is 1.14. The summed E-state index contributed by atoms with van der Waals surface area (Å²) in [7, 11) is 0. The van der Waals surface area contributed by atoms with Crippen LogP contribution in [0.1, 0.15) is 18.4 Å². The van der Waals surface area contributed by atoms with Crippen molar-refractivity contribution >= 4 is 29.2 Å². The Hall–Kier alpha value is -0.280. The first-order chi connectivity index (χ1) is 6.93. The molecule has 0 aliphatic carbocycles. The minimum Gasteiger partial charge on any atom is -0.385 e. The zero-order valence-electron chi connectivity index (χ0n) is 8.01. The SMILES string of the molecule is c1c2c(cc3c1SCS3)NCCCC2. The van der Waals surface area contributed by atoms with Crippen LogP contribution in [0.4, 0.5) is 5.69 Å². The molecule has 2 aliphatic rings. The largest absolute Gasteiger partial charge is 0.385 e. The first-order valence-electron chi connectivity index (χ1n) is 5.10. The maximum absolute atomic E-state index is 3.53. The Morgan fingerprint density at radius 1 is 1.07 bits per heavy atom. The summed E-state index contributed by atoms with van der Waals surface area (Å²) in [5.41, 5.74) is 2.91. The van der Waals surface area contributed by atoms with E-state index in [2.05, 4.69) is 17.4 Å². The number of hydrogen-bond donors (Lipinski definition) is 1. The molecule has 3 heteroatoms. The molecule has 0 fully saturated rings. The van der Waals surface area contributed by atoms with E-state index in [1.165, 1.54) is 45.4 Å². The van der Waals surface area contributed by atoms with Crippen molar-refractivity contribution in [3.8, 4) is 0 Å². The molecule has 2 heterocycles. The standard InChI is InChI=1S/C11H13NS2/c1-2-4-12-9-6-11-10(13-7-14-11)5-8(9)3-1/h5-6,12H,1-4,7H2. The molecule has 0 bridgehead atoms. The van der Waals surface area contributed by atoms with Gasteiger partial charge in [-0.2, -0.15) is 0 Å². The van der Waals surface area contributed by atoms with Crippen LogP contribution in [-0.4, -0.2) is 11.6 Å². The lowest BCUT2D eigenvalue weighted by Gasteiger charge is -2.09.